The lowest BCUT2D eigenvalue weighted by atomic mass is 10.3. The van der Waals surface area contributed by atoms with Crippen LogP contribution < -0.4 is 28.4 Å². The molecule has 9 heteroatoms. The van der Waals surface area contributed by atoms with Crippen LogP contribution in [0.2, 0.25) is 0 Å². The SMILES string of the molecule is COc1ccc(SOSc2ccc(OC)c(OC)c2OC)c(OC)c1OC. The lowest BCUT2D eigenvalue weighted by Crippen LogP contribution is -1.96. The molecule has 0 atom stereocenters. The first-order valence-electron chi connectivity index (χ1n) is 7.74. The number of ether oxygens (including phenoxy) is 6. The molecule has 0 unspecified atom stereocenters. The molecule has 0 saturated carbocycles. The van der Waals surface area contributed by atoms with E-state index in [1.165, 1.54) is 0 Å². The van der Waals surface area contributed by atoms with Gasteiger partial charge in [-0.25, -0.2) is 3.63 Å². The number of hydrogen-bond acceptors (Lipinski definition) is 9. The highest BCUT2D eigenvalue weighted by atomic mass is 32.2. The van der Waals surface area contributed by atoms with E-state index < -0.39 is 0 Å². The molecule has 2 aromatic rings. The highest BCUT2D eigenvalue weighted by Gasteiger charge is 2.19. The van der Waals surface area contributed by atoms with Crippen molar-refractivity contribution < 1.29 is 32.1 Å². The van der Waals surface area contributed by atoms with Crippen molar-refractivity contribution in [2.45, 2.75) is 9.79 Å². The fourth-order valence-electron chi connectivity index (χ4n) is 2.37. The van der Waals surface area contributed by atoms with Gasteiger partial charge >= 0.3 is 0 Å². The molecule has 0 radical (unpaired) electrons. The zero-order valence-corrected chi connectivity index (χ0v) is 17.6. The van der Waals surface area contributed by atoms with Crippen molar-refractivity contribution in [3.63, 3.8) is 0 Å². The van der Waals surface area contributed by atoms with E-state index in [0.717, 1.165) is 33.9 Å². The van der Waals surface area contributed by atoms with E-state index in [4.69, 9.17) is 32.1 Å². The van der Waals surface area contributed by atoms with E-state index in [-0.39, 0.29) is 0 Å². The molecule has 0 aromatic heterocycles. The standard InChI is InChI=1S/C18H22O7S2/c1-19-11-7-9-13(17(23-5)15(11)21-3)26-25-27-14-10-8-12(20-2)16(22-4)18(14)24-6/h7-10H,1-6H3. The summed E-state index contributed by atoms with van der Waals surface area (Å²) in [5, 5.41) is 0. The van der Waals surface area contributed by atoms with Gasteiger partial charge in [0.1, 0.15) is 0 Å². The Labute approximate surface area is 167 Å². The molecule has 2 aromatic carbocycles. The highest BCUT2D eigenvalue weighted by Crippen LogP contribution is 2.48. The average molecular weight is 415 g/mol. The van der Waals surface area contributed by atoms with Gasteiger partial charge in [-0.3, -0.25) is 0 Å². The third kappa shape index (κ3) is 4.60. The Hall–Kier alpha value is -2.10. The first-order chi connectivity index (χ1) is 13.1. The lowest BCUT2D eigenvalue weighted by Gasteiger charge is -2.16. The van der Waals surface area contributed by atoms with Gasteiger partial charge in [0.05, 0.1) is 52.4 Å². The van der Waals surface area contributed by atoms with E-state index in [2.05, 4.69) is 0 Å². The van der Waals surface area contributed by atoms with Crippen LogP contribution in [0.1, 0.15) is 0 Å². The molecular formula is C18H22O7S2. The number of methoxy groups -OCH3 is 6. The predicted octanol–water partition coefficient (Wildman–Crippen LogP) is 4.47. The highest BCUT2D eigenvalue weighted by molar-refractivity contribution is 8.08. The second-order valence-corrected chi connectivity index (χ2v) is 6.66. The van der Waals surface area contributed by atoms with Crippen molar-refractivity contribution in [2.75, 3.05) is 42.7 Å². The van der Waals surface area contributed by atoms with Gasteiger partial charge in [-0.15, -0.1) is 0 Å². The number of benzene rings is 2. The molecule has 0 saturated heterocycles. The first kappa shape index (κ1) is 21.2. The molecular weight excluding hydrogens is 392 g/mol. The van der Waals surface area contributed by atoms with Gasteiger partial charge in [0.15, 0.2) is 23.0 Å². The van der Waals surface area contributed by atoms with E-state index in [0.29, 0.717) is 34.5 Å². The molecule has 0 heterocycles. The van der Waals surface area contributed by atoms with Gasteiger partial charge in [-0.05, 0) is 24.3 Å². The second kappa shape index (κ2) is 10.3. The minimum absolute atomic E-state index is 0.502. The molecule has 0 aliphatic carbocycles. The Balaban J connectivity index is 2.20. The summed E-state index contributed by atoms with van der Waals surface area (Å²) in [6.45, 7) is 0. The van der Waals surface area contributed by atoms with Crippen LogP contribution in [0.3, 0.4) is 0 Å². The monoisotopic (exact) mass is 414 g/mol. The molecule has 0 aliphatic heterocycles. The molecule has 2 rings (SSSR count). The van der Waals surface area contributed by atoms with Crippen LogP contribution in [0.5, 0.6) is 34.5 Å². The molecule has 27 heavy (non-hydrogen) atoms. The van der Waals surface area contributed by atoms with Gasteiger partial charge in [-0.2, -0.15) is 0 Å². The van der Waals surface area contributed by atoms with Crippen LogP contribution in [0.15, 0.2) is 34.1 Å². The molecule has 0 amide bonds. The molecule has 148 valence electrons. The van der Waals surface area contributed by atoms with Gasteiger partial charge in [-0.1, -0.05) is 0 Å². The Morgan fingerprint density at radius 3 is 1.15 bits per heavy atom. The maximum absolute atomic E-state index is 5.72. The Morgan fingerprint density at radius 1 is 0.481 bits per heavy atom. The summed E-state index contributed by atoms with van der Waals surface area (Å²) in [5.74, 6) is 3.22. The van der Waals surface area contributed by atoms with Crippen LogP contribution in [-0.4, -0.2) is 42.7 Å². The zero-order chi connectivity index (χ0) is 19.8. The molecule has 0 spiro atoms. The minimum Gasteiger partial charge on any atom is -0.493 e. The summed E-state index contributed by atoms with van der Waals surface area (Å²) >= 11 is 2.27. The Kier molecular flexibility index (Phi) is 8.08. The average Bonchev–Trinajstić information content (AvgIpc) is 2.72. The molecule has 0 bridgehead atoms. The normalized spacial score (nSPS) is 10.3. The van der Waals surface area contributed by atoms with E-state index in [1.807, 2.05) is 12.1 Å². The topological polar surface area (TPSA) is 64.6 Å². The minimum atomic E-state index is 0.502. The van der Waals surface area contributed by atoms with Crippen molar-refractivity contribution in [3.8, 4) is 34.5 Å². The number of hydrogen-bond donors (Lipinski definition) is 0. The predicted molar refractivity (Wildman–Crippen MR) is 105 cm³/mol. The van der Waals surface area contributed by atoms with Crippen molar-refractivity contribution in [1.29, 1.82) is 0 Å². The van der Waals surface area contributed by atoms with E-state index in [1.54, 1.807) is 54.8 Å². The summed E-state index contributed by atoms with van der Waals surface area (Å²) < 4.78 is 37.9. The van der Waals surface area contributed by atoms with Crippen molar-refractivity contribution >= 4 is 24.1 Å². The fraction of sp³-hybridized carbons (Fsp3) is 0.333. The zero-order valence-electron chi connectivity index (χ0n) is 16.0. The van der Waals surface area contributed by atoms with Crippen LogP contribution in [0.25, 0.3) is 0 Å². The summed E-state index contributed by atoms with van der Waals surface area (Å²) in [6, 6.07) is 7.23. The van der Waals surface area contributed by atoms with Gasteiger partial charge in [0.25, 0.3) is 0 Å². The van der Waals surface area contributed by atoms with E-state index in [9.17, 15) is 0 Å². The van der Waals surface area contributed by atoms with Gasteiger partial charge in [0.2, 0.25) is 11.5 Å². The molecule has 7 nitrogen and oxygen atoms in total. The molecule has 0 N–H and O–H groups in total. The summed E-state index contributed by atoms with van der Waals surface area (Å²) in [7, 11) is 9.37. The first-order valence-corrected chi connectivity index (χ1v) is 9.22. The molecule has 0 fully saturated rings. The fourth-order valence-corrected chi connectivity index (χ4v) is 3.84. The third-order valence-corrected chi connectivity index (χ3v) is 5.13. The Bertz CT molecular complexity index is 704. The van der Waals surface area contributed by atoms with Crippen LogP contribution in [-0.2, 0) is 3.63 Å². The maximum atomic E-state index is 5.72. The summed E-state index contributed by atoms with van der Waals surface area (Å²) in [4.78, 5) is 1.48. The second-order valence-electron chi connectivity index (χ2n) is 4.90. The third-order valence-electron chi connectivity index (χ3n) is 3.58. The molecule has 0 aliphatic rings. The summed E-state index contributed by atoms with van der Waals surface area (Å²) in [5.41, 5.74) is 0. The van der Waals surface area contributed by atoms with Crippen molar-refractivity contribution in [1.82, 2.24) is 0 Å². The number of rotatable bonds is 10. The van der Waals surface area contributed by atoms with Gasteiger partial charge < -0.3 is 28.4 Å². The van der Waals surface area contributed by atoms with Gasteiger partial charge in [0, 0.05) is 24.1 Å². The largest absolute Gasteiger partial charge is 0.493 e. The van der Waals surface area contributed by atoms with Crippen LogP contribution in [0.4, 0.5) is 0 Å². The quantitative estimate of drug-likeness (QED) is 0.524. The lowest BCUT2D eigenvalue weighted by molar-refractivity contribution is 0.319. The van der Waals surface area contributed by atoms with Crippen molar-refractivity contribution in [2.24, 2.45) is 0 Å². The maximum Gasteiger partial charge on any atom is 0.204 e. The van der Waals surface area contributed by atoms with Crippen LogP contribution in [0, 0.1) is 0 Å². The Morgan fingerprint density at radius 2 is 0.852 bits per heavy atom. The van der Waals surface area contributed by atoms with E-state index >= 15 is 0 Å². The smallest absolute Gasteiger partial charge is 0.204 e. The summed E-state index contributed by atoms with van der Waals surface area (Å²) in [6.07, 6.45) is 0. The van der Waals surface area contributed by atoms with Crippen molar-refractivity contribution in [3.05, 3.63) is 24.3 Å². The van der Waals surface area contributed by atoms with Crippen LogP contribution >= 0.6 is 24.1 Å².